The maximum absolute atomic E-state index is 12.5. The molecule has 7 nitrogen and oxygen atoms in total. The minimum atomic E-state index is -0.680. The number of carbonyl (C=O) groups excluding carboxylic acids is 2. The quantitative estimate of drug-likeness (QED) is 0.192. The van der Waals surface area contributed by atoms with Gasteiger partial charge in [0.15, 0.2) is 5.76 Å². The van der Waals surface area contributed by atoms with Crippen LogP contribution in [0.2, 0.25) is 0 Å². The molecule has 7 heteroatoms. The topological polar surface area (TPSA) is 95.7 Å². The molecule has 0 aromatic heterocycles. The van der Waals surface area contributed by atoms with Crippen molar-refractivity contribution >= 4 is 23.5 Å². The average Bonchev–Trinajstić information content (AvgIpc) is 3.09. The molecule has 1 aliphatic heterocycles. The lowest BCUT2D eigenvalue weighted by Gasteiger charge is -2.05. The first-order valence-electron chi connectivity index (χ1n) is 9.28. The van der Waals surface area contributed by atoms with Gasteiger partial charge < -0.3 is 9.47 Å². The van der Waals surface area contributed by atoms with Crippen molar-refractivity contribution in [1.82, 2.24) is 0 Å². The van der Waals surface area contributed by atoms with E-state index >= 15 is 0 Å². The molecule has 4 rings (SSSR count). The van der Waals surface area contributed by atoms with E-state index in [1.807, 2.05) is 36.4 Å². The summed E-state index contributed by atoms with van der Waals surface area (Å²) in [4.78, 5) is 34.9. The normalized spacial score (nSPS) is 13.8. The lowest BCUT2D eigenvalue weighted by molar-refractivity contribution is -0.384. The van der Waals surface area contributed by atoms with Crippen LogP contribution < -0.4 is 9.47 Å². The van der Waals surface area contributed by atoms with E-state index in [1.54, 1.807) is 12.2 Å². The van der Waals surface area contributed by atoms with E-state index in [0.717, 1.165) is 5.56 Å². The summed E-state index contributed by atoms with van der Waals surface area (Å²) in [6.45, 7) is 0. The lowest BCUT2D eigenvalue weighted by Crippen LogP contribution is -2.08. The summed E-state index contributed by atoms with van der Waals surface area (Å²) in [5.74, 6) is -0.294. The highest BCUT2D eigenvalue weighted by Gasteiger charge is 2.27. The summed E-state index contributed by atoms with van der Waals surface area (Å²) in [5.41, 5.74) is 1.40. The van der Waals surface area contributed by atoms with Crippen LogP contribution in [0.1, 0.15) is 26.3 Å². The molecule has 0 N–H and O–H groups in total. The van der Waals surface area contributed by atoms with Gasteiger partial charge in [0.25, 0.3) is 5.69 Å². The Bertz CT molecular complexity index is 1230. The lowest BCUT2D eigenvalue weighted by atomic mass is 10.1. The zero-order valence-electron chi connectivity index (χ0n) is 16.1. The summed E-state index contributed by atoms with van der Waals surface area (Å²) in [7, 11) is 0. The molecule has 0 bridgehead atoms. The Morgan fingerprint density at radius 2 is 1.74 bits per heavy atom. The summed E-state index contributed by atoms with van der Waals surface area (Å²) in [5, 5.41) is 10.7. The number of ether oxygens (including phenoxy) is 2. The molecule has 31 heavy (non-hydrogen) atoms. The highest BCUT2D eigenvalue weighted by Crippen LogP contribution is 2.34. The molecule has 152 valence electrons. The smallest absolute Gasteiger partial charge is 0.343 e. The molecule has 0 atom stereocenters. The van der Waals surface area contributed by atoms with Gasteiger partial charge in [0.1, 0.15) is 11.5 Å². The van der Waals surface area contributed by atoms with Crippen LogP contribution in [0, 0.1) is 10.1 Å². The Balaban J connectivity index is 1.46. The number of rotatable bonds is 5. The van der Waals surface area contributed by atoms with E-state index in [4.69, 9.17) is 9.47 Å². The van der Waals surface area contributed by atoms with Crippen LogP contribution in [0.25, 0.3) is 6.08 Å². The summed E-state index contributed by atoms with van der Waals surface area (Å²) in [6.07, 6.45) is 5.16. The van der Waals surface area contributed by atoms with Crippen molar-refractivity contribution in [2.45, 2.75) is 0 Å². The van der Waals surface area contributed by atoms with E-state index in [2.05, 4.69) is 0 Å². The van der Waals surface area contributed by atoms with Crippen LogP contribution in [0.5, 0.6) is 11.5 Å². The third-order valence-electron chi connectivity index (χ3n) is 4.50. The number of hydrogen-bond acceptors (Lipinski definition) is 6. The van der Waals surface area contributed by atoms with E-state index in [-0.39, 0.29) is 28.5 Å². The second-order valence-electron chi connectivity index (χ2n) is 6.58. The number of nitro groups is 1. The second-order valence-corrected chi connectivity index (χ2v) is 6.58. The third kappa shape index (κ3) is 4.40. The van der Waals surface area contributed by atoms with Crippen LogP contribution in [0.15, 0.2) is 90.7 Å². The molecule has 0 saturated heterocycles. The maximum atomic E-state index is 12.5. The molecule has 0 spiro atoms. The van der Waals surface area contributed by atoms with Crippen LogP contribution in [0.4, 0.5) is 5.69 Å². The largest absolute Gasteiger partial charge is 0.452 e. The minimum Gasteiger partial charge on any atom is -0.452 e. The highest BCUT2D eigenvalue weighted by atomic mass is 16.6. The first-order valence-corrected chi connectivity index (χ1v) is 9.28. The summed E-state index contributed by atoms with van der Waals surface area (Å²) < 4.78 is 10.9. The van der Waals surface area contributed by atoms with Crippen molar-refractivity contribution in [2.75, 3.05) is 0 Å². The minimum absolute atomic E-state index is 0.123. The number of hydrogen-bond donors (Lipinski definition) is 0. The van der Waals surface area contributed by atoms with Gasteiger partial charge in [-0.2, -0.15) is 0 Å². The zero-order valence-corrected chi connectivity index (χ0v) is 16.1. The van der Waals surface area contributed by atoms with Crippen LogP contribution in [-0.4, -0.2) is 16.7 Å². The number of ketones is 1. The number of esters is 1. The van der Waals surface area contributed by atoms with Gasteiger partial charge in [-0.15, -0.1) is 0 Å². The molecule has 3 aromatic rings. The summed E-state index contributed by atoms with van der Waals surface area (Å²) in [6, 6.07) is 19.2. The van der Waals surface area contributed by atoms with Crippen LogP contribution in [0.3, 0.4) is 0 Å². The number of benzene rings is 3. The maximum Gasteiger partial charge on any atom is 0.343 e. The molecule has 1 heterocycles. The fraction of sp³-hybridized carbons (Fsp3) is 0. The molecule has 0 fully saturated rings. The van der Waals surface area contributed by atoms with Crippen molar-refractivity contribution in [3.05, 3.63) is 118 Å². The van der Waals surface area contributed by atoms with Gasteiger partial charge in [-0.3, -0.25) is 14.9 Å². The molecule has 0 unspecified atom stereocenters. The zero-order chi connectivity index (χ0) is 21.8. The fourth-order valence-electron chi connectivity index (χ4n) is 2.94. The molecule has 0 amide bonds. The molecular weight excluding hydrogens is 398 g/mol. The van der Waals surface area contributed by atoms with Gasteiger partial charge in [0.05, 0.1) is 16.1 Å². The molecule has 3 aromatic carbocycles. The van der Waals surface area contributed by atoms with Gasteiger partial charge in [-0.25, -0.2) is 4.79 Å². The van der Waals surface area contributed by atoms with Gasteiger partial charge in [-0.1, -0.05) is 42.5 Å². The molecule has 0 saturated carbocycles. The van der Waals surface area contributed by atoms with Crippen molar-refractivity contribution in [3.63, 3.8) is 0 Å². The van der Waals surface area contributed by atoms with Gasteiger partial charge in [-0.05, 0) is 35.9 Å². The summed E-state index contributed by atoms with van der Waals surface area (Å²) >= 11 is 0. The van der Waals surface area contributed by atoms with E-state index in [0.29, 0.717) is 11.3 Å². The number of non-ortho nitro benzene ring substituents is 1. The molecule has 0 aliphatic carbocycles. The highest BCUT2D eigenvalue weighted by molar-refractivity contribution is 6.12. The monoisotopic (exact) mass is 413 g/mol. The van der Waals surface area contributed by atoms with E-state index in [9.17, 15) is 19.7 Å². The number of allylic oxidation sites excluding steroid dienone is 3. The average molecular weight is 413 g/mol. The second kappa shape index (κ2) is 8.46. The van der Waals surface area contributed by atoms with Gasteiger partial charge in [0.2, 0.25) is 5.78 Å². The van der Waals surface area contributed by atoms with Crippen molar-refractivity contribution in [3.8, 4) is 11.5 Å². The number of nitrogens with zero attached hydrogens (tertiary/aromatic N) is 1. The Kier molecular flexibility index (Phi) is 5.40. The van der Waals surface area contributed by atoms with Crippen molar-refractivity contribution < 1.29 is 24.0 Å². The number of nitro benzene ring substituents is 1. The van der Waals surface area contributed by atoms with Gasteiger partial charge >= 0.3 is 5.97 Å². The Hall–Kier alpha value is -4.52. The van der Waals surface area contributed by atoms with Crippen LogP contribution in [-0.2, 0) is 0 Å². The predicted octanol–water partition coefficient (Wildman–Crippen LogP) is 4.99. The first kappa shape index (κ1) is 19.8. The fourth-order valence-corrected chi connectivity index (χ4v) is 2.94. The van der Waals surface area contributed by atoms with Gasteiger partial charge in [0, 0.05) is 18.2 Å². The number of carbonyl (C=O) groups is 2. The molecule has 1 aliphatic rings. The Morgan fingerprint density at radius 1 is 1.00 bits per heavy atom. The molecule has 0 radical (unpaired) electrons. The first-order chi connectivity index (χ1) is 15.0. The number of fused-ring (bicyclic) bond motifs is 1. The van der Waals surface area contributed by atoms with E-state index < -0.39 is 10.9 Å². The predicted molar refractivity (Wildman–Crippen MR) is 113 cm³/mol. The Labute approximate surface area is 177 Å². The van der Waals surface area contributed by atoms with Crippen molar-refractivity contribution in [1.29, 1.82) is 0 Å². The molecular formula is C24H15NO6. The van der Waals surface area contributed by atoms with E-state index in [1.165, 1.54) is 42.5 Å². The Morgan fingerprint density at radius 3 is 2.45 bits per heavy atom. The third-order valence-corrected chi connectivity index (χ3v) is 4.50. The number of Topliss-reactive ketones (excluding diaryl/α,β-unsaturated/α-hetero) is 1. The SMILES string of the molecule is O=C(Oc1ccc2c(c1)OC(=CC=Cc1ccccc1)C2=O)c1ccc([N+](=O)[O-])cc1. The van der Waals surface area contributed by atoms with Crippen molar-refractivity contribution in [2.24, 2.45) is 0 Å². The standard InChI is InChI=1S/C24H15NO6/c26-23-20-14-13-19(30-24(27)17-9-11-18(12-10-17)25(28)29)15-22(20)31-21(23)8-4-7-16-5-2-1-3-6-16/h1-15H. The van der Waals surface area contributed by atoms with Crippen LogP contribution >= 0.6 is 0 Å².